The normalized spacial score (nSPS) is 14.5. The van der Waals surface area contributed by atoms with Gasteiger partial charge in [0.15, 0.2) is 5.13 Å². The molecule has 3 aromatic rings. The SMILES string of the molecule is Cc1cc(C)nc(Nc2nc(CC(=O)N3CCN(c4ccc(C(F)(F)F)cn4)CC3)cs2)n1. The summed E-state index contributed by atoms with van der Waals surface area (Å²) >= 11 is 1.38. The number of hydrogen-bond donors (Lipinski definition) is 1. The van der Waals surface area contributed by atoms with Crippen molar-refractivity contribution >= 4 is 34.1 Å². The maximum Gasteiger partial charge on any atom is 0.417 e. The summed E-state index contributed by atoms with van der Waals surface area (Å²) < 4.78 is 38.1. The molecule has 1 aliphatic rings. The van der Waals surface area contributed by atoms with E-state index >= 15 is 0 Å². The van der Waals surface area contributed by atoms with Crippen molar-refractivity contribution in [3.63, 3.8) is 0 Å². The highest BCUT2D eigenvalue weighted by atomic mass is 32.1. The van der Waals surface area contributed by atoms with E-state index in [9.17, 15) is 18.0 Å². The molecule has 4 heterocycles. The topological polar surface area (TPSA) is 87.1 Å². The van der Waals surface area contributed by atoms with Gasteiger partial charge >= 0.3 is 6.18 Å². The van der Waals surface area contributed by atoms with E-state index in [2.05, 4.69) is 25.3 Å². The Labute approximate surface area is 192 Å². The third-order valence-electron chi connectivity index (χ3n) is 5.12. The molecular weight excluding hydrogens is 455 g/mol. The number of anilines is 3. The van der Waals surface area contributed by atoms with Crippen molar-refractivity contribution in [1.29, 1.82) is 0 Å². The van der Waals surface area contributed by atoms with Crippen LogP contribution in [0, 0.1) is 13.8 Å². The van der Waals surface area contributed by atoms with Crippen LogP contribution in [0.2, 0.25) is 0 Å². The van der Waals surface area contributed by atoms with Gasteiger partial charge in [0, 0.05) is 49.1 Å². The van der Waals surface area contributed by atoms with Crippen molar-refractivity contribution in [1.82, 2.24) is 24.8 Å². The lowest BCUT2D eigenvalue weighted by Gasteiger charge is -2.35. The fraction of sp³-hybridized carbons (Fsp3) is 0.381. The molecule has 0 radical (unpaired) electrons. The lowest BCUT2D eigenvalue weighted by atomic mass is 10.2. The number of hydrogen-bond acceptors (Lipinski definition) is 8. The molecule has 1 fully saturated rings. The third kappa shape index (κ3) is 5.75. The van der Waals surface area contributed by atoms with Crippen LogP contribution in [-0.2, 0) is 17.4 Å². The summed E-state index contributed by atoms with van der Waals surface area (Å²) in [6.45, 7) is 5.70. The minimum Gasteiger partial charge on any atom is -0.353 e. The molecule has 0 unspecified atom stereocenters. The summed E-state index contributed by atoms with van der Waals surface area (Å²) in [5, 5.41) is 5.51. The predicted octanol–water partition coefficient (Wildman–Crippen LogP) is 3.60. The number of alkyl halides is 3. The average molecular weight is 478 g/mol. The maximum absolute atomic E-state index is 12.7. The molecular formula is C21H22F3N7OS. The van der Waals surface area contributed by atoms with Gasteiger partial charge in [-0.3, -0.25) is 4.79 Å². The van der Waals surface area contributed by atoms with E-state index in [1.54, 1.807) is 4.90 Å². The zero-order valence-electron chi connectivity index (χ0n) is 18.1. The number of halogens is 3. The van der Waals surface area contributed by atoms with Gasteiger partial charge in [-0.15, -0.1) is 11.3 Å². The van der Waals surface area contributed by atoms with Crippen LogP contribution in [0.5, 0.6) is 0 Å². The van der Waals surface area contributed by atoms with E-state index < -0.39 is 11.7 Å². The number of nitrogens with zero attached hydrogens (tertiary/aromatic N) is 6. The molecule has 0 aliphatic carbocycles. The Morgan fingerprint density at radius 3 is 2.39 bits per heavy atom. The van der Waals surface area contributed by atoms with E-state index in [4.69, 9.17) is 0 Å². The molecule has 1 N–H and O–H groups in total. The van der Waals surface area contributed by atoms with Crippen molar-refractivity contribution in [2.24, 2.45) is 0 Å². The van der Waals surface area contributed by atoms with Crippen molar-refractivity contribution < 1.29 is 18.0 Å². The van der Waals surface area contributed by atoms with Crippen LogP contribution >= 0.6 is 11.3 Å². The van der Waals surface area contributed by atoms with Gasteiger partial charge in [0.2, 0.25) is 11.9 Å². The van der Waals surface area contributed by atoms with Crippen molar-refractivity contribution in [3.05, 3.63) is 52.4 Å². The van der Waals surface area contributed by atoms with E-state index in [0.717, 1.165) is 23.7 Å². The Morgan fingerprint density at radius 2 is 1.79 bits per heavy atom. The van der Waals surface area contributed by atoms with Crippen LogP contribution in [-0.4, -0.2) is 56.9 Å². The molecule has 1 aliphatic heterocycles. The first-order chi connectivity index (χ1) is 15.7. The quantitative estimate of drug-likeness (QED) is 0.601. The number of nitrogens with one attached hydrogen (secondary N) is 1. The molecule has 12 heteroatoms. The fourth-order valence-corrected chi connectivity index (χ4v) is 4.22. The minimum atomic E-state index is -4.41. The zero-order chi connectivity index (χ0) is 23.6. The highest BCUT2D eigenvalue weighted by Crippen LogP contribution is 2.29. The smallest absolute Gasteiger partial charge is 0.353 e. The van der Waals surface area contributed by atoms with Gasteiger partial charge in [0.1, 0.15) is 5.82 Å². The van der Waals surface area contributed by atoms with E-state index in [-0.39, 0.29) is 12.3 Å². The first-order valence-corrected chi connectivity index (χ1v) is 11.1. The fourth-order valence-electron chi connectivity index (χ4n) is 3.52. The molecule has 0 bridgehead atoms. The van der Waals surface area contributed by atoms with Crippen LogP contribution in [0.4, 0.5) is 30.1 Å². The predicted molar refractivity (Wildman–Crippen MR) is 119 cm³/mol. The monoisotopic (exact) mass is 477 g/mol. The molecule has 4 rings (SSSR count). The molecule has 1 amide bonds. The number of carbonyl (C=O) groups is 1. The number of aryl methyl sites for hydroxylation is 2. The van der Waals surface area contributed by atoms with Crippen molar-refractivity contribution in [2.45, 2.75) is 26.4 Å². The Morgan fingerprint density at radius 1 is 1.09 bits per heavy atom. The molecule has 1 saturated heterocycles. The van der Waals surface area contributed by atoms with Gasteiger partial charge in [-0.2, -0.15) is 13.2 Å². The largest absolute Gasteiger partial charge is 0.417 e. The standard InChI is InChI=1S/C21H22F3N7OS/c1-13-9-14(2)27-19(26-13)29-20-28-16(12-33-20)10-18(32)31-7-5-30(6-8-31)17-4-3-15(11-25-17)21(22,23)24/h3-4,9,11-12H,5-8,10H2,1-2H3,(H,26,27,28,29). The summed E-state index contributed by atoms with van der Waals surface area (Å²) in [6.07, 6.45) is -3.40. The van der Waals surface area contributed by atoms with Crippen LogP contribution < -0.4 is 10.2 Å². The Hall–Kier alpha value is -3.28. The summed E-state index contributed by atoms with van der Waals surface area (Å²) in [5.74, 6) is 0.890. The average Bonchev–Trinajstić information content (AvgIpc) is 3.19. The maximum atomic E-state index is 12.7. The number of amides is 1. The highest BCUT2D eigenvalue weighted by molar-refractivity contribution is 7.13. The lowest BCUT2D eigenvalue weighted by Crippen LogP contribution is -2.49. The summed E-state index contributed by atoms with van der Waals surface area (Å²) in [5.41, 5.74) is 1.58. The molecule has 174 valence electrons. The zero-order valence-corrected chi connectivity index (χ0v) is 18.9. The second-order valence-electron chi connectivity index (χ2n) is 7.69. The summed E-state index contributed by atoms with van der Waals surface area (Å²) in [4.78, 5) is 33.4. The number of carbonyl (C=O) groups excluding carboxylic acids is 1. The van der Waals surface area contributed by atoms with Gasteiger partial charge in [-0.05, 0) is 32.0 Å². The van der Waals surface area contributed by atoms with Crippen LogP contribution in [0.15, 0.2) is 29.8 Å². The molecule has 8 nitrogen and oxygen atoms in total. The third-order valence-corrected chi connectivity index (χ3v) is 5.92. The molecule has 0 atom stereocenters. The first kappa shape index (κ1) is 22.9. The van der Waals surface area contributed by atoms with Crippen LogP contribution in [0.25, 0.3) is 0 Å². The number of piperazine rings is 1. The van der Waals surface area contributed by atoms with Gasteiger partial charge in [0.25, 0.3) is 0 Å². The van der Waals surface area contributed by atoms with Gasteiger partial charge < -0.3 is 15.1 Å². The van der Waals surface area contributed by atoms with Crippen molar-refractivity contribution in [3.8, 4) is 0 Å². The minimum absolute atomic E-state index is 0.0467. The molecule has 0 aromatic carbocycles. The van der Waals surface area contributed by atoms with Crippen LogP contribution in [0.1, 0.15) is 22.6 Å². The number of aromatic nitrogens is 4. The van der Waals surface area contributed by atoms with E-state index in [1.807, 2.05) is 30.2 Å². The second kappa shape index (κ2) is 9.30. The van der Waals surface area contributed by atoms with Crippen molar-refractivity contribution in [2.75, 3.05) is 36.4 Å². The number of pyridine rings is 1. The summed E-state index contributed by atoms with van der Waals surface area (Å²) in [6, 6.07) is 4.27. The van der Waals surface area contributed by atoms with Gasteiger partial charge in [0.05, 0.1) is 17.7 Å². The van der Waals surface area contributed by atoms with E-state index in [0.29, 0.717) is 48.8 Å². The second-order valence-corrected chi connectivity index (χ2v) is 8.55. The highest BCUT2D eigenvalue weighted by Gasteiger charge is 2.31. The van der Waals surface area contributed by atoms with Gasteiger partial charge in [-0.25, -0.2) is 19.9 Å². The molecule has 3 aromatic heterocycles. The molecule has 33 heavy (non-hydrogen) atoms. The van der Waals surface area contributed by atoms with E-state index in [1.165, 1.54) is 17.4 Å². The summed E-state index contributed by atoms with van der Waals surface area (Å²) in [7, 11) is 0. The molecule has 0 saturated carbocycles. The first-order valence-electron chi connectivity index (χ1n) is 10.3. The number of rotatable bonds is 5. The Bertz CT molecular complexity index is 1110. The molecule has 0 spiro atoms. The Balaban J connectivity index is 1.30. The van der Waals surface area contributed by atoms with Crippen LogP contribution in [0.3, 0.4) is 0 Å². The number of thiazole rings is 1. The lowest BCUT2D eigenvalue weighted by molar-refractivity contribution is -0.137. The van der Waals surface area contributed by atoms with Gasteiger partial charge in [-0.1, -0.05) is 0 Å². The Kier molecular flexibility index (Phi) is 6.45.